The molecule has 1 N–H and O–H groups in total. The lowest BCUT2D eigenvalue weighted by Crippen LogP contribution is -2.38. The minimum Gasteiger partial charge on any atom is -0.484 e. The molecule has 7 nitrogen and oxygen atoms in total. The molecule has 0 aliphatic carbocycles. The van der Waals surface area contributed by atoms with Crippen LogP contribution in [0.2, 0.25) is 0 Å². The maximum absolute atomic E-state index is 11.6. The first-order chi connectivity index (χ1) is 9.43. The molecule has 1 rings (SSSR count). The second-order valence-electron chi connectivity index (χ2n) is 4.42. The van der Waals surface area contributed by atoms with Gasteiger partial charge in [-0.3, -0.25) is 14.9 Å². The maximum Gasteiger partial charge on any atom is 0.272 e. The lowest BCUT2D eigenvalue weighted by molar-refractivity contribution is -0.385. The van der Waals surface area contributed by atoms with Crippen LogP contribution in [0.1, 0.15) is 12.5 Å². The Morgan fingerprint density at radius 1 is 1.50 bits per heavy atom. The third-order valence-electron chi connectivity index (χ3n) is 2.56. The van der Waals surface area contributed by atoms with E-state index in [1.807, 2.05) is 6.92 Å². The van der Waals surface area contributed by atoms with Gasteiger partial charge in [-0.05, 0) is 26.0 Å². The number of carbonyl (C=O) groups is 1. The number of hydrogen-bond donors (Lipinski definition) is 1. The van der Waals surface area contributed by atoms with Crippen LogP contribution in [0.15, 0.2) is 18.2 Å². The first kappa shape index (κ1) is 15.9. The van der Waals surface area contributed by atoms with Crippen molar-refractivity contribution >= 4 is 11.6 Å². The van der Waals surface area contributed by atoms with Crippen LogP contribution >= 0.6 is 0 Å². The summed E-state index contributed by atoms with van der Waals surface area (Å²) < 4.78 is 10.2. The SMILES string of the molecule is COC[C@@H](C)NC(=O)COc1ccc([N+](=O)[O-])c(C)c1. The zero-order valence-electron chi connectivity index (χ0n) is 11.7. The van der Waals surface area contributed by atoms with E-state index in [-0.39, 0.29) is 24.2 Å². The van der Waals surface area contributed by atoms with Crippen molar-refractivity contribution in [1.82, 2.24) is 5.32 Å². The fraction of sp³-hybridized carbons (Fsp3) is 0.462. The summed E-state index contributed by atoms with van der Waals surface area (Å²) in [6.45, 7) is 3.71. The van der Waals surface area contributed by atoms with Gasteiger partial charge in [0.25, 0.3) is 11.6 Å². The molecular formula is C13H18N2O5. The number of nitrogens with one attached hydrogen (secondary N) is 1. The molecule has 0 saturated heterocycles. The third-order valence-corrected chi connectivity index (χ3v) is 2.56. The highest BCUT2D eigenvalue weighted by molar-refractivity contribution is 5.77. The molecule has 0 aromatic heterocycles. The standard InChI is InChI=1S/C13H18N2O5/c1-9-6-11(4-5-12(9)15(17)18)20-8-13(16)14-10(2)7-19-3/h4-6,10H,7-8H2,1-3H3,(H,14,16)/t10-/m1/s1. The van der Waals surface area contributed by atoms with E-state index in [0.717, 1.165) is 0 Å². The third kappa shape index (κ3) is 4.85. The molecule has 0 aliphatic rings. The zero-order valence-corrected chi connectivity index (χ0v) is 11.7. The van der Waals surface area contributed by atoms with Gasteiger partial charge in [0.1, 0.15) is 5.75 Å². The molecule has 0 heterocycles. The molecule has 0 bridgehead atoms. The van der Waals surface area contributed by atoms with Crippen LogP contribution in [0.5, 0.6) is 5.75 Å². The molecule has 1 aromatic rings. The molecule has 0 unspecified atom stereocenters. The normalized spacial score (nSPS) is 11.8. The molecule has 1 atom stereocenters. The number of hydrogen-bond acceptors (Lipinski definition) is 5. The molecule has 1 amide bonds. The lowest BCUT2D eigenvalue weighted by atomic mass is 10.2. The van der Waals surface area contributed by atoms with Crippen LogP contribution in [0.3, 0.4) is 0 Å². The Balaban J connectivity index is 2.52. The van der Waals surface area contributed by atoms with Crippen molar-refractivity contribution in [2.24, 2.45) is 0 Å². The smallest absolute Gasteiger partial charge is 0.272 e. The van der Waals surface area contributed by atoms with Gasteiger partial charge in [-0.15, -0.1) is 0 Å². The fourth-order valence-corrected chi connectivity index (χ4v) is 1.68. The van der Waals surface area contributed by atoms with Crippen molar-refractivity contribution in [3.63, 3.8) is 0 Å². The average Bonchev–Trinajstić information content (AvgIpc) is 2.36. The van der Waals surface area contributed by atoms with E-state index in [1.54, 1.807) is 14.0 Å². The lowest BCUT2D eigenvalue weighted by Gasteiger charge is -2.13. The first-order valence-electron chi connectivity index (χ1n) is 6.10. The Labute approximate surface area is 117 Å². The first-order valence-corrected chi connectivity index (χ1v) is 6.10. The summed E-state index contributed by atoms with van der Waals surface area (Å²) in [7, 11) is 1.55. The number of ether oxygens (including phenoxy) is 2. The second-order valence-corrected chi connectivity index (χ2v) is 4.42. The summed E-state index contributed by atoms with van der Waals surface area (Å²) in [4.78, 5) is 21.8. The number of methoxy groups -OCH3 is 1. The molecular weight excluding hydrogens is 264 g/mol. The van der Waals surface area contributed by atoms with Gasteiger partial charge in [-0.1, -0.05) is 0 Å². The van der Waals surface area contributed by atoms with Gasteiger partial charge in [-0.2, -0.15) is 0 Å². The molecule has 0 spiro atoms. The summed E-state index contributed by atoms with van der Waals surface area (Å²) in [5.41, 5.74) is 0.510. The zero-order chi connectivity index (χ0) is 15.1. The monoisotopic (exact) mass is 282 g/mol. The Kier molecular flexibility index (Phi) is 5.92. The number of nitro benzene ring substituents is 1. The van der Waals surface area contributed by atoms with E-state index in [2.05, 4.69) is 5.32 Å². The van der Waals surface area contributed by atoms with E-state index >= 15 is 0 Å². The van der Waals surface area contributed by atoms with Crippen LogP contribution in [0, 0.1) is 17.0 Å². The van der Waals surface area contributed by atoms with Gasteiger partial charge < -0.3 is 14.8 Å². The highest BCUT2D eigenvalue weighted by atomic mass is 16.6. The van der Waals surface area contributed by atoms with Crippen molar-refractivity contribution in [2.45, 2.75) is 19.9 Å². The predicted molar refractivity (Wildman–Crippen MR) is 72.8 cm³/mol. The number of nitro groups is 1. The average molecular weight is 282 g/mol. The fourth-order valence-electron chi connectivity index (χ4n) is 1.68. The largest absolute Gasteiger partial charge is 0.484 e. The number of amides is 1. The van der Waals surface area contributed by atoms with Crippen molar-refractivity contribution < 1.29 is 19.2 Å². The molecule has 1 aromatic carbocycles. The molecule has 0 fully saturated rings. The number of aryl methyl sites for hydroxylation is 1. The minimum atomic E-state index is -0.460. The predicted octanol–water partition coefficient (Wildman–Crippen LogP) is 1.43. The van der Waals surface area contributed by atoms with Crippen LogP contribution < -0.4 is 10.1 Å². The Morgan fingerprint density at radius 3 is 2.75 bits per heavy atom. The molecule has 7 heteroatoms. The molecule has 0 saturated carbocycles. The van der Waals surface area contributed by atoms with Gasteiger partial charge in [0.15, 0.2) is 6.61 Å². The second kappa shape index (κ2) is 7.44. The number of nitrogens with zero attached hydrogens (tertiary/aromatic N) is 1. The number of carbonyl (C=O) groups excluding carboxylic acids is 1. The molecule has 0 aliphatic heterocycles. The Bertz CT molecular complexity index is 490. The van der Waals surface area contributed by atoms with Crippen LogP contribution in [0.25, 0.3) is 0 Å². The Morgan fingerprint density at radius 2 is 2.20 bits per heavy atom. The highest BCUT2D eigenvalue weighted by Gasteiger charge is 2.12. The summed E-state index contributed by atoms with van der Waals surface area (Å²) in [5, 5.41) is 13.4. The van der Waals surface area contributed by atoms with E-state index in [0.29, 0.717) is 17.9 Å². The van der Waals surface area contributed by atoms with Gasteiger partial charge in [-0.25, -0.2) is 0 Å². The molecule has 0 radical (unpaired) electrons. The van der Waals surface area contributed by atoms with Gasteiger partial charge >= 0.3 is 0 Å². The van der Waals surface area contributed by atoms with Crippen LogP contribution in [-0.4, -0.2) is 37.2 Å². The van der Waals surface area contributed by atoms with Crippen LogP contribution in [-0.2, 0) is 9.53 Å². The van der Waals surface area contributed by atoms with Gasteiger partial charge in [0, 0.05) is 24.8 Å². The topological polar surface area (TPSA) is 90.7 Å². The van der Waals surface area contributed by atoms with Crippen molar-refractivity contribution in [3.05, 3.63) is 33.9 Å². The van der Waals surface area contributed by atoms with E-state index < -0.39 is 4.92 Å². The summed E-state index contributed by atoms with van der Waals surface area (Å²) >= 11 is 0. The Hall–Kier alpha value is -2.15. The number of benzene rings is 1. The number of rotatable bonds is 7. The van der Waals surface area contributed by atoms with E-state index in [4.69, 9.17) is 9.47 Å². The van der Waals surface area contributed by atoms with Crippen LogP contribution in [0.4, 0.5) is 5.69 Å². The van der Waals surface area contributed by atoms with E-state index in [9.17, 15) is 14.9 Å². The summed E-state index contributed by atoms with van der Waals surface area (Å²) in [5.74, 6) is 0.146. The maximum atomic E-state index is 11.6. The molecule has 20 heavy (non-hydrogen) atoms. The van der Waals surface area contributed by atoms with Gasteiger partial charge in [0.2, 0.25) is 0 Å². The van der Waals surface area contributed by atoms with Crippen molar-refractivity contribution in [3.8, 4) is 5.75 Å². The molecule has 110 valence electrons. The van der Waals surface area contributed by atoms with Crippen molar-refractivity contribution in [2.75, 3.05) is 20.3 Å². The van der Waals surface area contributed by atoms with E-state index in [1.165, 1.54) is 18.2 Å². The summed E-state index contributed by atoms with van der Waals surface area (Å²) in [6.07, 6.45) is 0. The quantitative estimate of drug-likeness (QED) is 0.603. The minimum absolute atomic E-state index is 0.0236. The van der Waals surface area contributed by atoms with Gasteiger partial charge in [0.05, 0.1) is 11.5 Å². The highest BCUT2D eigenvalue weighted by Crippen LogP contribution is 2.22. The summed E-state index contributed by atoms with van der Waals surface area (Å²) in [6, 6.07) is 4.26. The van der Waals surface area contributed by atoms with Crippen molar-refractivity contribution in [1.29, 1.82) is 0 Å².